The molecule has 0 spiro atoms. The van der Waals surface area contributed by atoms with Gasteiger partial charge in [-0.05, 0) is 35.7 Å². The SMILES string of the molecule is CC(=O)O.Nc1nccc(Nc2cc(-c3cc4ccccc4s3)c3n[nH]c(Cl)c3c2)n1. The summed E-state index contributed by atoms with van der Waals surface area (Å²) in [4.78, 5) is 18.2. The fourth-order valence-corrected chi connectivity index (χ4v) is 4.32. The molecule has 156 valence electrons. The number of carboxylic acid groups (broad SMARTS) is 1. The van der Waals surface area contributed by atoms with Crippen LogP contribution in [0.5, 0.6) is 0 Å². The number of thiophene rings is 1. The lowest BCUT2D eigenvalue weighted by Gasteiger charge is -2.08. The highest BCUT2D eigenvalue weighted by atomic mass is 35.5. The fourth-order valence-electron chi connectivity index (χ4n) is 3.05. The number of nitrogens with zero attached hydrogens (tertiary/aromatic N) is 3. The van der Waals surface area contributed by atoms with E-state index in [-0.39, 0.29) is 5.95 Å². The molecule has 10 heteroatoms. The van der Waals surface area contributed by atoms with Gasteiger partial charge in [-0.15, -0.1) is 11.3 Å². The Bertz CT molecular complexity index is 1360. The normalized spacial score (nSPS) is 10.6. The maximum atomic E-state index is 9.00. The van der Waals surface area contributed by atoms with Crippen molar-refractivity contribution in [1.82, 2.24) is 20.2 Å². The topological polar surface area (TPSA) is 130 Å². The third-order valence-electron chi connectivity index (χ3n) is 4.25. The zero-order valence-corrected chi connectivity index (χ0v) is 17.8. The van der Waals surface area contributed by atoms with E-state index in [1.165, 1.54) is 10.1 Å². The van der Waals surface area contributed by atoms with Crippen LogP contribution in [-0.4, -0.2) is 31.2 Å². The van der Waals surface area contributed by atoms with Crippen molar-refractivity contribution in [3.63, 3.8) is 0 Å². The number of aromatic amines is 1. The quantitative estimate of drug-likeness (QED) is 0.292. The number of nitrogens with two attached hydrogens (primary N) is 1. The number of nitrogens with one attached hydrogen (secondary N) is 2. The van der Waals surface area contributed by atoms with Crippen LogP contribution >= 0.6 is 22.9 Å². The Morgan fingerprint density at radius 1 is 1.23 bits per heavy atom. The van der Waals surface area contributed by atoms with Crippen molar-refractivity contribution in [2.75, 3.05) is 11.1 Å². The van der Waals surface area contributed by atoms with E-state index >= 15 is 0 Å². The van der Waals surface area contributed by atoms with Crippen LogP contribution in [0.2, 0.25) is 5.15 Å². The summed E-state index contributed by atoms with van der Waals surface area (Å²) >= 11 is 8.04. The van der Waals surface area contributed by atoms with Crippen molar-refractivity contribution in [3.05, 3.63) is 59.9 Å². The number of anilines is 3. The number of aliphatic carboxylic acids is 1. The average Bonchev–Trinajstić information content (AvgIpc) is 3.31. The largest absolute Gasteiger partial charge is 0.481 e. The number of aromatic nitrogens is 4. The second-order valence-electron chi connectivity index (χ2n) is 6.55. The van der Waals surface area contributed by atoms with Gasteiger partial charge in [0.1, 0.15) is 16.5 Å². The first-order chi connectivity index (χ1) is 14.9. The van der Waals surface area contributed by atoms with Crippen molar-refractivity contribution in [2.45, 2.75) is 6.92 Å². The first kappa shape index (κ1) is 20.6. The Labute approximate surface area is 185 Å². The number of halogens is 1. The van der Waals surface area contributed by atoms with Crippen LogP contribution in [0.3, 0.4) is 0 Å². The van der Waals surface area contributed by atoms with E-state index in [1.54, 1.807) is 23.6 Å². The number of carbonyl (C=O) groups is 1. The Balaban J connectivity index is 0.000000535. The van der Waals surface area contributed by atoms with Gasteiger partial charge in [0, 0.05) is 39.3 Å². The molecular formula is C21H17ClN6O2S. The Hall–Kier alpha value is -3.69. The van der Waals surface area contributed by atoms with Crippen LogP contribution in [0.25, 0.3) is 31.4 Å². The molecule has 5 N–H and O–H groups in total. The van der Waals surface area contributed by atoms with E-state index in [4.69, 9.17) is 27.2 Å². The summed E-state index contributed by atoms with van der Waals surface area (Å²) in [5, 5.41) is 20.5. The predicted molar refractivity (Wildman–Crippen MR) is 125 cm³/mol. The molecule has 5 rings (SSSR count). The van der Waals surface area contributed by atoms with E-state index < -0.39 is 5.97 Å². The molecule has 2 aromatic carbocycles. The summed E-state index contributed by atoms with van der Waals surface area (Å²) in [5.41, 5.74) is 8.36. The molecule has 3 aromatic heterocycles. The van der Waals surface area contributed by atoms with Gasteiger partial charge in [-0.2, -0.15) is 10.1 Å². The Kier molecular flexibility index (Phi) is 5.70. The third kappa shape index (κ3) is 4.57. The van der Waals surface area contributed by atoms with Crippen molar-refractivity contribution in [1.29, 1.82) is 0 Å². The maximum Gasteiger partial charge on any atom is 0.300 e. The van der Waals surface area contributed by atoms with Crippen molar-refractivity contribution in [3.8, 4) is 10.4 Å². The first-order valence-electron chi connectivity index (χ1n) is 9.12. The maximum absolute atomic E-state index is 9.00. The van der Waals surface area contributed by atoms with Gasteiger partial charge < -0.3 is 16.2 Å². The lowest BCUT2D eigenvalue weighted by Crippen LogP contribution is -1.99. The van der Waals surface area contributed by atoms with Crippen LogP contribution in [0.15, 0.2) is 54.7 Å². The Morgan fingerprint density at radius 2 is 2.00 bits per heavy atom. The molecule has 0 saturated carbocycles. The highest BCUT2D eigenvalue weighted by molar-refractivity contribution is 7.22. The highest BCUT2D eigenvalue weighted by Gasteiger charge is 2.15. The van der Waals surface area contributed by atoms with Gasteiger partial charge in [0.2, 0.25) is 5.95 Å². The molecule has 0 aliphatic carbocycles. The third-order valence-corrected chi connectivity index (χ3v) is 5.69. The standard InChI is InChI=1S/C19H13ClN6S.C2H4O2/c20-18-13-9-11(23-16-5-6-22-19(21)24-16)8-12(17(13)25-26-18)15-7-10-3-1-2-4-14(10)27-15;1-2(3)4/h1-9H,(H,25,26)(H3,21,22,23,24);1H3,(H,3,4). The monoisotopic (exact) mass is 452 g/mol. The van der Waals surface area contributed by atoms with Gasteiger partial charge in [0.15, 0.2) is 0 Å². The number of rotatable bonds is 3. The zero-order chi connectivity index (χ0) is 22.0. The molecule has 0 radical (unpaired) electrons. The van der Waals surface area contributed by atoms with E-state index in [0.717, 1.165) is 34.0 Å². The number of benzene rings is 2. The van der Waals surface area contributed by atoms with Crippen molar-refractivity contribution >= 4 is 67.3 Å². The number of fused-ring (bicyclic) bond motifs is 2. The molecule has 0 unspecified atom stereocenters. The molecule has 0 aliphatic heterocycles. The predicted octanol–water partition coefficient (Wildman–Crippen LogP) is 5.30. The summed E-state index contributed by atoms with van der Waals surface area (Å²) in [6, 6.07) is 16.2. The second-order valence-corrected chi connectivity index (χ2v) is 8.01. The highest BCUT2D eigenvalue weighted by Crippen LogP contribution is 2.40. The summed E-state index contributed by atoms with van der Waals surface area (Å²) in [5.74, 6) is -0.00379. The minimum Gasteiger partial charge on any atom is -0.481 e. The van der Waals surface area contributed by atoms with Crippen LogP contribution in [0.1, 0.15) is 6.92 Å². The molecule has 3 heterocycles. The minimum absolute atomic E-state index is 0.215. The molecule has 5 aromatic rings. The fraction of sp³-hybridized carbons (Fsp3) is 0.0476. The first-order valence-corrected chi connectivity index (χ1v) is 10.3. The van der Waals surface area contributed by atoms with E-state index in [0.29, 0.717) is 11.0 Å². The summed E-state index contributed by atoms with van der Waals surface area (Å²) in [6.45, 7) is 1.08. The molecule has 0 saturated heterocycles. The Morgan fingerprint density at radius 3 is 2.74 bits per heavy atom. The van der Waals surface area contributed by atoms with Gasteiger partial charge in [-0.3, -0.25) is 9.89 Å². The van der Waals surface area contributed by atoms with Crippen LogP contribution in [-0.2, 0) is 4.79 Å². The molecular weight excluding hydrogens is 436 g/mol. The lowest BCUT2D eigenvalue weighted by atomic mass is 10.1. The van der Waals surface area contributed by atoms with Crippen molar-refractivity contribution in [2.24, 2.45) is 0 Å². The van der Waals surface area contributed by atoms with Crippen LogP contribution < -0.4 is 11.1 Å². The van der Waals surface area contributed by atoms with Gasteiger partial charge in [0.05, 0.1) is 0 Å². The summed E-state index contributed by atoms with van der Waals surface area (Å²) in [6.07, 6.45) is 1.61. The van der Waals surface area contributed by atoms with E-state index in [2.05, 4.69) is 43.7 Å². The minimum atomic E-state index is -0.833. The number of nitrogen functional groups attached to an aromatic ring is 1. The summed E-state index contributed by atoms with van der Waals surface area (Å²) in [7, 11) is 0. The molecule has 0 aliphatic rings. The molecule has 0 atom stereocenters. The smallest absolute Gasteiger partial charge is 0.300 e. The van der Waals surface area contributed by atoms with Crippen molar-refractivity contribution < 1.29 is 9.90 Å². The van der Waals surface area contributed by atoms with E-state index in [9.17, 15) is 0 Å². The van der Waals surface area contributed by atoms with Crippen LogP contribution in [0.4, 0.5) is 17.5 Å². The number of carboxylic acids is 1. The number of H-pyrrole nitrogens is 1. The second kappa shape index (κ2) is 8.58. The zero-order valence-electron chi connectivity index (χ0n) is 16.3. The van der Waals surface area contributed by atoms with E-state index in [1.807, 2.05) is 24.3 Å². The van der Waals surface area contributed by atoms with Crippen LogP contribution in [0, 0.1) is 0 Å². The lowest BCUT2D eigenvalue weighted by molar-refractivity contribution is -0.134. The number of hydrogen-bond donors (Lipinski definition) is 4. The summed E-state index contributed by atoms with van der Waals surface area (Å²) < 4.78 is 1.23. The van der Waals surface area contributed by atoms with Gasteiger partial charge in [-0.25, -0.2) is 4.98 Å². The molecule has 0 amide bonds. The molecule has 0 fully saturated rings. The van der Waals surface area contributed by atoms with Gasteiger partial charge >= 0.3 is 0 Å². The van der Waals surface area contributed by atoms with Gasteiger partial charge in [0.25, 0.3) is 5.97 Å². The molecule has 31 heavy (non-hydrogen) atoms. The average molecular weight is 453 g/mol. The number of hydrogen-bond acceptors (Lipinski definition) is 7. The molecule has 8 nitrogen and oxygen atoms in total. The molecule has 0 bridgehead atoms. The van der Waals surface area contributed by atoms with Gasteiger partial charge in [-0.1, -0.05) is 29.8 Å².